The Morgan fingerprint density at radius 3 is 2.25 bits per heavy atom. The van der Waals surface area contributed by atoms with Crippen LogP contribution in [0.3, 0.4) is 0 Å². The molecule has 7 nitrogen and oxygen atoms in total. The minimum atomic E-state index is -0.909. The number of Topliss-reactive ketones (excluding diaryl/α,β-unsaturated/α-hetero) is 1. The third-order valence-electron chi connectivity index (χ3n) is 6.08. The van der Waals surface area contributed by atoms with Gasteiger partial charge in [-0.1, -0.05) is 29.8 Å². The van der Waals surface area contributed by atoms with E-state index in [1.54, 1.807) is 36.4 Å². The number of carbonyl (C=O) groups is 2. The van der Waals surface area contributed by atoms with Crippen LogP contribution in [-0.4, -0.2) is 35.1 Å². The average molecular weight is 488 g/mol. The van der Waals surface area contributed by atoms with E-state index in [1.165, 1.54) is 17.0 Å². The van der Waals surface area contributed by atoms with Crippen molar-refractivity contribution in [2.24, 2.45) is 0 Å². The molecule has 186 valence electrons. The van der Waals surface area contributed by atoms with Gasteiger partial charge < -0.3 is 19.7 Å². The Kier molecular flexibility index (Phi) is 7.01. The summed E-state index contributed by atoms with van der Waals surface area (Å²) >= 11 is 0. The van der Waals surface area contributed by atoms with Gasteiger partial charge in [0.2, 0.25) is 0 Å². The van der Waals surface area contributed by atoms with Crippen molar-refractivity contribution >= 4 is 23.1 Å². The van der Waals surface area contributed by atoms with Gasteiger partial charge in [0.1, 0.15) is 23.0 Å². The van der Waals surface area contributed by atoms with Crippen molar-refractivity contribution in [3.63, 3.8) is 0 Å². The molecule has 2 N–H and O–H groups in total. The number of benzene rings is 3. The van der Waals surface area contributed by atoms with Gasteiger partial charge in [0.05, 0.1) is 30.4 Å². The van der Waals surface area contributed by atoms with Crippen molar-refractivity contribution < 1.29 is 29.3 Å². The number of aliphatic hydroxyl groups is 1. The molecule has 0 radical (unpaired) electrons. The van der Waals surface area contributed by atoms with Crippen molar-refractivity contribution in [1.29, 1.82) is 0 Å². The van der Waals surface area contributed by atoms with Crippen LogP contribution in [0.4, 0.5) is 5.69 Å². The van der Waals surface area contributed by atoms with E-state index in [4.69, 9.17) is 9.47 Å². The standard InChI is InChI=1S/C29H29NO6/c1-5-35-21-12-13-22(24(16-21)36-6-2)27(32)25-26(19-8-10-20(31)11-9-19)30(29(34)28(25)33)23-14-7-17(3)15-18(23)4/h7-16,26,31-32H,5-6H2,1-4H3/b27-25-. The molecular formula is C29H29NO6. The second-order valence-corrected chi connectivity index (χ2v) is 8.57. The summed E-state index contributed by atoms with van der Waals surface area (Å²) in [6, 6.07) is 15.9. The highest BCUT2D eigenvalue weighted by molar-refractivity contribution is 6.51. The first-order valence-corrected chi connectivity index (χ1v) is 11.8. The summed E-state index contributed by atoms with van der Waals surface area (Å²) in [7, 11) is 0. The molecule has 3 aromatic carbocycles. The molecule has 1 amide bonds. The molecule has 4 rings (SSSR count). The topological polar surface area (TPSA) is 96.3 Å². The lowest BCUT2D eigenvalue weighted by Crippen LogP contribution is -2.30. The molecule has 1 heterocycles. The third kappa shape index (κ3) is 4.52. The van der Waals surface area contributed by atoms with E-state index < -0.39 is 17.7 Å². The van der Waals surface area contributed by atoms with Crippen molar-refractivity contribution in [2.75, 3.05) is 18.1 Å². The normalized spacial score (nSPS) is 16.9. The average Bonchev–Trinajstić information content (AvgIpc) is 3.10. The van der Waals surface area contributed by atoms with Crippen LogP contribution in [0.1, 0.15) is 42.1 Å². The van der Waals surface area contributed by atoms with E-state index >= 15 is 0 Å². The Bertz CT molecular complexity index is 1340. The van der Waals surface area contributed by atoms with Gasteiger partial charge in [-0.3, -0.25) is 14.5 Å². The van der Waals surface area contributed by atoms with Gasteiger partial charge in [-0.15, -0.1) is 0 Å². The molecular weight excluding hydrogens is 458 g/mol. The summed E-state index contributed by atoms with van der Waals surface area (Å²) in [5, 5.41) is 21.4. The second kappa shape index (κ2) is 10.2. The highest BCUT2D eigenvalue weighted by Crippen LogP contribution is 2.44. The number of phenols is 1. The monoisotopic (exact) mass is 487 g/mol. The van der Waals surface area contributed by atoms with Gasteiger partial charge in [-0.05, 0) is 69.2 Å². The first-order valence-electron chi connectivity index (χ1n) is 11.8. The van der Waals surface area contributed by atoms with Gasteiger partial charge in [-0.2, -0.15) is 0 Å². The van der Waals surface area contributed by atoms with E-state index in [1.807, 2.05) is 39.8 Å². The summed E-state index contributed by atoms with van der Waals surface area (Å²) < 4.78 is 11.3. The van der Waals surface area contributed by atoms with Crippen LogP contribution in [0.5, 0.6) is 17.2 Å². The lowest BCUT2D eigenvalue weighted by molar-refractivity contribution is -0.132. The molecule has 0 bridgehead atoms. The number of ether oxygens (including phenoxy) is 2. The smallest absolute Gasteiger partial charge is 0.300 e. The minimum Gasteiger partial charge on any atom is -0.508 e. The fourth-order valence-electron chi connectivity index (χ4n) is 4.50. The number of phenolic OH excluding ortho intramolecular Hbond substituents is 1. The van der Waals surface area contributed by atoms with E-state index in [2.05, 4.69) is 0 Å². The Balaban J connectivity index is 1.96. The summed E-state index contributed by atoms with van der Waals surface area (Å²) in [6.07, 6.45) is 0. The zero-order valence-electron chi connectivity index (χ0n) is 20.7. The van der Waals surface area contributed by atoms with E-state index in [0.717, 1.165) is 11.1 Å². The van der Waals surface area contributed by atoms with E-state index in [-0.39, 0.29) is 22.6 Å². The molecule has 36 heavy (non-hydrogen) atoms. The van der Waals surface area contributed by atoms with Crippen LogP contribution < -0.4 is 14.4 Å². The molecule has 1 aliphatic heterocycles. The maximum absolute atomic E-state index is 13.4. The molecule has 0 spiro atoms. The number of nitrogens with zero attached hydrogens (tertiary/aromatic N) is 1. The Morgan fingerprint density at radius 1 is 0.917 bits per heavy atom. The number of aryl methyl sites for hydroxylation is 2. The number of hydrogen-bond acceptors (Lipinski definition) is 6. The number of carbonyl (C=O) groups excluding carboxylic acids is 2. The number of hydrogen-bond donors (Lipinski definition) is 2. The highest BCUT2D eigenvalue weighted by atomic mass is 16.5. The molecule has 0 aromatic heterocycles. The maximum atomic E-state index is 13.4. The SMILES string of the molecule is CCOc1ccc(/C(O)=C2/C(=O)C(=O)N(c3ccc(C)cc3C)C2c2ccc(O)cc2)c(OCC)c1. The summed E-state index contributed by atoms with van der Waals surface area (Å²) in [5.41, 5.74) is 3.19. The van der Waals surface area contributed by atoms with Crippen LogP contribution in [0.2, 0.25) is 0 Å². The zero-order valence-corrected chi connectivity index (χ0v) is 20.7. The zero-order chi connectivity index (χ0) is 26.0. The largest absolute Gasteiger partial charge is 0.508 e. The predicted molar refractivity (Wildman–Crippen MR) is 138 cm³/mol. The number of ketones is 1. The van der Waals surface area contributed by atoms with Crippen LogP contribution in [0.25, 0.3) is 5.76 Å². The molecule has 7 heteroatoms. The second-order valence-electron chi connectivity index (χ2n) is 8.57. The number of aromatic hydroxyl groups is 1. The maximum Gasteiger partial charge on any atom is 0.300 e. The Labute approximate surface area is 210 Å². The Morgan fingerprint density at radius 2 is 1.61 bits per heavy atom. The van der Waals surface area contributed by atoms with Crippen molar-refractivity contribution in [3.8, 4) is 17.2 Å². The third-order valence-corrected chi connectivity index (χ3v) is 6.08. The van der Waals surface area contributed by atoms with Gasteiger partial charge in [0.25, 0.3) is 11.7 Å². The fraction of sp³-hybridized carbons (Fsp3) is 0.241. The van der Waals surface area contributed by atoms with Crippen LogP contribution in [0, 0.1) is 13.8 Å². The molecule has 1 fully saturated rings. The molecule has 1 saturated heterocycles. The molecule has 0 saturated carbocycles. The van der Waals surface area contributed by atoms with Crippen LogP contribution >= 0.6 is 0 Å². The van der Waals surface area contributed by atoms with Crippen LogP contribution in [0.15, 0.2) is 66.2 Å². The first kappa shape index (κ1) is 24.9. The first-order chi connectivity index (χ1) is 17.3. The lowest BCUT2D eigenvalue weighted by atomic mass is 9.94. The van der Waals surface area contributed by atoms with Crippen molar-refractivity contribution in [1.82, 2.24) is 0 Å². The van der Waals surface area contributed by atoms with Gasteiger partial charge in [-0.25, -0.2) is 0 Å². The molecule has 1 atom stereocenters. The minimum absolute atomic E-state index is 0.0485. The van der Waals surface area contributed by atoms with Crippen LogP contribution in [-0.2, 0) is 9.59 Å². The molecule has 1 aliphatic rings. The molecule has 0 aliphatic carbocycles. The number of rotatable bonds is 7. The van der Waals surface area contributed by atoms with Gasteiger partial charge >= 0.3 is 0 Å². The quantitative estimate of drug-likeness (QED) is 0.262. The predicted octanol–water partition coefficient (Wildman–Crippen LogP) is 5.43. The fourth-order valence-corrected chi connectivity index (χ4v) is 4.50. The summed E-state index contributed by atoms with van der Waals surface area (Å²) in [6.45, 7) is 8.28. The van der Waals surface area contributed by atoms with Gasteiger partial charge in [0, 0.05) is 11.8 Å². The summed E-state index contributed by atoms with van der Waals surface area (Å²) in [4.78, 5) is 28.3. The number of amides is 1. The molecule has 1 unspecified atom stereocenters. The Hall–Kier alpha value is -4.26. The van der Waals surface area contributed by atoms with E-state index in [0.29, 0.717) is 36.0 Å². The summed E-state index contributed by atoms with van der Waals surface area (Å²) in [5.74, 6) is -0.948. The lowest BCUT2D eigenvalue weighted by Gasteiger charge is -2.27. The molecule has 3 aromatic rings. The number of aliphatic hydroxyl groups excluding tert-OH is 1. The van der Waals surface area contributed by atoms with Crippen molar-refractivity contribution in [2.45, 2.75) is 33.7 Å². The van der Waals surface area contributed by atoms with Crippen molar-refractivity contribution in [3.05, 3.63) is 88.5 Å². The highest BCUT2D eigenvalue weighted by Gasteiger charge is 2.47. The van der Waals surface area contributed by atoms with Gasteiger partial charge in [0.15, 0.2) is 0 Å². The van der Waals surface area contributed by atoms with E-state index in [9.17, 15) is 19.8 Å². The number of anilines is 1.